The molecule has 72 valence electrons. The summed E-state index contributed by atoms with van der Waals surface area (Å²) in [5.41, 5.74) is 0.903. The topological polar surface area (TPSA) is 40.9 Å². The van der Waals surface area contributed by atoms with Crippen molar-refractivity contribution in [2.24, 2.45) is 0 Å². The molecule has 2 nitrogen and oxygen atoms in total. The van der Waals surface area contributed by atoms with Crippen molar-refractivity contribution in [1.82, 2.24) is 0 Å². The van der Waals surface area contributed by atoms with Gasteiger partial charge in [0.2, 0.25) is 0 Å². The van der Waals surface area contributed by atoms with E-state index in [1.807, 2.05) is 6.07 Å². The first-order valence-electron chi connectivity index (χ1n) is 3.94. The Hall–Kier alpha value is -0.850. The summed E-state index contributed by atoms with van der Waals surface area (Å²) in [5.74, 6) is -0.185. The van der Waals surface area contributed by atoms with E-state index < -0.39 is 5.38 Å². The maximum atomic E-state index is 11.6. The number of nitriles is 1. The number of nitrogens with zero attached hydrogens (tertiary/aromatic N) is 1. The molecule has 0 fully saturated rings. The molecule has 1 atom stereocenters. The lowest BCUT2D eigenvalue weighted by molar-refractivity contribution is 0.0991. The molecule has 0 aliphatic heterocycles. The van der Waals surface area contributed by atoms with Crippen molar-refractivity contribution in [3.05, 3.63) is 33.8 Å². The van der Waals surface area contributed by atoms with Gasteiger partial charge < -0.3 is 0 Å². The second-order valence-corrected chi connectivity index (χ2v) is 4.30. The lowest BCUT2D eigenvalue weighted by atomic mass is 10.1. The minimum Gasteiger partial charge on any atom is -0.292 e. The second-order valence-electron chi connectivity index (χ2n) is 2.79. The molecule has 0 radical (unpaired) electrons. The molecule has 4 heteroatoms. The fourth-order valence-corrected chi connectivity index (χ4v) is 1.56. The molecular weight excluding hydrogens is 265 g/mol. The molecule has 0 bridgehead atoms. The second kappa shape index (κ2) is 4.59. The van der Waals surface area contributed by atoms with Crippen molar-refractivity contribution in [1.29, 1.82) is 5.26 Å². The Morgan fingerprint density at radius 2 is 2.29 bits per heavy atom. The highest BCUT2D eigenvalue weighted by molar-refractivity contribution is 9.10. The maximum absolute atomic E-state index is 11.6. The van der Waals surface area contributed by atoms with Gasteiger partial charge in [0.1, 0.15) is 0 Å². The van der Waals surface area contributed by atoms with Crippen LogP contribution in [0.15, 0.2) is 22.7 Å². The number of carbonyl (C=O) groups is 1. The van der Waals surface area contributed by atoms with Crippen molar-refractivity contribution in [2.45, 2.75) is 12.3 Å². The van der Waals surface area contributed by atoms with Crippen LogP contribution >= 0.6 is 27.5 Å². The molecule has 1 unspecified atom stereocenters. The summed E-state index contributed by atoms with van der Waals surface area (Å²) in [4.78, 5) is 11.6. The Morgan fingerprint density at radius 1 is 1.64 bits per heavy atom. The minimum absolute atomic E-state index is 0.185. The van der Waals surface area contributed by atoms with E-state index in [1.54, 1.807) is 19.1 Å². The highest BCUT2D eigenvalue weighted by Crippen LogP contribution is 2.20. The van der Waals surface area contributed by atoms with E-state index in [0.717, 1.165) is 0 Å². The predicted molar refractivity (Wildman–Crippen MR) is 58.5 cm³/mol. The molecule has 0 aliphatic carbocycles. The van der Waals surface area contributed by atoms with Crippen LogP contribution in [0.25, 0.3) is 0 Å². The van der Waals surface area contributed by atoms with Crippen LogP contribution in [0.5, 0.6) is 0 Å². The molecule has 0 saturated carbocycles. The minimum atomic E-state index is -0.583. The highest BCUT2D eigenvalue weighted by atomic mass is 79.9. The quantitative estimate of drug-likeness (QED) is 0.613. The third-order valence-electron chi connectivity index (χ3n) is 1.72. The normalized spacial score (nSPS) is 11.9. The zero-order valence-corrected chi connectivity index (χ0v) is 9.76. The zero-order valence-electron chi connectivity index (χ0n) is 7.42. The highest BCUT2D eigenvalue weighted by Gasteiger charge is 2.15. The number of carbonyl (C=O) groups excluding carboxylic acids is 1. The number of rotatable bonds is 2. The monoisotopic (exact) mass is 271 g/mol. The SMILES string of the molecule is CC(Cl)C(=O)c1cc(C#N)ccc1Br. The van der Waals surface area contributed by atoms with Gasteiger partial charge in [-0.1, -0.05) is 15.9 Å². The average molecular weight is 273 g/mol. The van der Waals surface area contributed by atoms with Gasteiger partial charge in [-0.2, -0.15) is 5.26 Å². The smallest absolute Gasteiger partial charge is 0.181 e. The molecule has 0 N–H and O–H groups in total. The van der Waals surface area contributed by atoms with Gasteiger partial charge in [-0.05, 0) is 25.1 Å². The molecular formula is C10H7BrClNO. The summed E-state index contributed by atoms with van der Waals surface area (Å²) in [5, 5.41) is 8.08. The van der Waals surface area contributed by atoms with Gasteiger partial charge in [0.25, 0.3) is 0 Å². The summed E-state index contributed by atoms with van der Waals surface area (Å²) in [7, 11) is 0. The lowest BCUT2D eigenvalue weighted by Crippen LogP contribution is -2.11. The molecule has 14 heavy (non-hydrogen) atoms. The van der Waals surface area contributed by atoms with Crippen molar-refractivity contribution < 1.29 is 4.79 Å². The molecule has 1 aromatic rings. The Morgan fingerprint density at radius 3 is 2.79 bits per heavy atom. The van der Waals surface area contributed by atoms with E-state index >= 15 is 0 Å². The zero-order chi connectivity index (χ0) is 10.7. The summed E-state index contributed by atoms with van der Waals surface area (Å²) in [6.45, 7) is 1.61. The van der Waals surface area contributed by atoms with Crippen molar-refractivity contribution >= 4 is 33.3 Å². The molecule has 0 saturated heterocycles. The number of Topliss-reactive ketones (excluding diaryl/α,β-unsaturated/α-hetero) is 1. The number of ketones is 1. The fraction of sp³-hybridized carbons (Fsp3) is 0.200. The van der Waals surface area contributed by atoms with Crippen LogP contribution in [-0.4, -0.2) is 11.2 Å². The lowest BCUT2D eigenvalue weighted by Gasteiger charge is -2.05. The third-order valence-corrected chi connectivity index (χ3v) is 2.61. The van der Waals surface area contributed by atoms with Gasteiger partial charge in [0.05, 0.1) is 17.0 Å². The van der Waals surface area contributed by atoms with E-state index in [9.17, 15) is 4.79 Å². The Bertz CT molecular complexity index is 409. The first-order chi connectivity index (χ1) is 6.56. The molecule has 0 spiro atoms. The van der Waals surface area contributed by atoms with Gasteiger partial charge in [0.15, 0.2) is 5.78 Å². The summed E-state index contributed by atoms with van der Waals surface area (Å²) in [6.07, 6.45) is 0. The predicted octanol–water partition coefficient (Wildman–Crippen LogP) is 3.13. The number of benzene rings is 1. The fourth-order valence-electron chi connectivity index (χ4n) is 0.998. The largest absolute Gasteiger partial charge is 0.292 e. The van der Waals surface area contributed by atoms with E-state index in [-0.39, 0.29) is 5.78 Å². The van der Waals surface area contributed by atoms with Crippen LogP contribution in [-0.2, 0) is 0 Å². The molecule has 0 amide bonds. The van der Waals surface area contributed by atoms with Gasteiger partial charge in [-0.25, -0.2) is 0 Å². The van der Waals surface area contributed by atoms with Crippen LogP contribution in [0.3, 0.4) is 0 Å². The number of hydrogen-bond donors (Lipinski definition) is 0. The standard InChI is InChI=1S/C10H7BrClNO/c1-6(12)10(14)8-4-7(5-13)2-3-9(8)11/h2-4,6H,1H3. The average Bonchev–Trinajstić information content (AvgIpc) is 2.17. The van der Waals surface area contributed by atoms with Gasteiger partial charge in [0, 0.05) is 10.0 Å². The molecule has 1 rings (SSSR count). The summed E-state index contributed by atoms with van der Waals surface area (Å²) >= 11 is 8.92. The number of halogens is 2. The van der Waals surface area contributed by atoms with Gasteiger partial charge >= 0.3 is 0 Å². The molecule has 0 aromatic heterocycles. The van der Waals surface area contributed by atoms with E-state index in [4.69, 9.17) is 16.9 Å². The van der Waals surface area contributed by atoms with E-state index in [2.05, 4.69) is 15.9 Å². The Labute approximate surface area is 95.6 Å². The Balaban J connectivity index is 3.21. The Kier molecular flexibility index (Phi) is 3.68. The van der Waals surface area contributed by atoms with Crippen molar-refractivity contribution in [2.75, 3.05) is 0 Å². The van der Waals surface area contributed by atoms with Crippen LogP contribution < -0.4 is 0 Å². The van der Waals surface area contributed by atoms with Gasteiger partial charge in [-0.3, -0.25) is 4.79 Å². The number of hydrogen-bond acceptors (Lipinski definition) is 2. The van der Waals surface area contributed by atoms with Crippen LogP contribution in [0.2, 0.25) is 0 Å². The first-order valence-corrected chi connectivity index (χ1v) is 5.17. The van der Waals surface area contributed by atoms with E-state index in [0.29, 0.717) is 15.6 Å². The van der Waals surface area contributed by atoms with Crippen LogP contribution in [0, 0.1) is 11.3 Å². The van der Waals surface area contributed by atoms with E-state index in [1.165, 1.54) is 6.07 Å². The molecule has 0 heterocycles. The van der Waals surface area contributed by atoms with Crippen LogP contribution in [0.1, 0.15) is 22.8 Å². The number of alkyl halides is 1. The van der Waals surface area contributed by atoms with Crippen LogP contribution in [0.4, 0.5) is 0 Å². The maximum Gasteiger partial charge on any atom is 0.181 e. The summed E-state index contributed by atoms with van der Waals surface area (Å²) in [6, 6.07) is 6.82. The third kappa shape index (κ3) is 2.34. The van der Waals surface area contributed by atoms with Gasteiger partial charge in [-0.15, -0.1) is 11.6 Å². The molecule has 0 aliphatic rings. The summed E-state index contributed by atoms with van der Waals surface area (Å²) < 4.78 is 0.661. The molecule has 1 aromatic carbocycles. The first kappa shape index (κ1) is 11.2. The van der Waals surface area contributed by atoms with Crippen molar-refractivity contribution in [3.63, 3.8) is 0 Å². The van der Waals surface area contributed by atoms with Crippen molar-refractivity contribution in [3.8, 4) is 6.07 Å².